The zero-order valence-corrected chi connectivity index (χ0v) is 19.5. The Morgan fingerprint density at radius 3 is 2.38 bits per heavy atom. The highest BCUT2D eigenvalue weighted by Gasteiger charge is 2.35. The smallest absolute Gasteiger partial charge is 0.308 e. The minimum Gasteiger partial charge on any atom is -0.494 e. The summed E-state index contributed by atoms with van der Waals surface area (Å²) < 4.78 is 16.4. The first-order valence-corrected chi connectivity index (χ1v) is 11.7. The van der Waals surface area contributed by atoms with Crippen LogP contribution in [0, 0.1) is 0 Å². The van der Waals surface area contributed by atoms with Gasteiger partial charge in [-0.1, -0.05) is 38.0 Å². The summed E-state index contributed by atoms with van der Waals surface area (Å²) in [6.07, 6.45) is 2.99. The van der Waals surface area contributed by atoms with Crippen LogP contribution in [0.1, 0.15) is 43.0 Å². The van der Waals surface area contributed by atoms with Gasteiger partial charge in [0.2, 0.25) is 5.91 Å². The van der Waals surface area contributed by atoms with E-state index in [0.717, 1.165) is 19.3 Å². The number of nitrogens with zero attached hydrogens (tertiary/aromatic N) is 1. The standard InChI is InChI=1S/C26H32N2O6/c1-2-3-7-16-32-22-12-10-20(11-13-22)26(31)28-15-14-27-25(30)23(28)19-24(29)34-18-17-33-21-8-5-4-6-9-21/h4-6,8-13,23H,2-3,7,14-19H2,1H3,(H,27,30). The topological polar surface area (TPSA) is 94.2 Å². The quantitative estimate of drug-likeness (QED) is 0.380. The van der Waals surface area contributed by atoms with Crippen molar-refractivity contribution in [3.63, 3.8) is 0 Å². The molecule has 1 atom stereocenters. The number of hydrogen-bond donors (Lipinski definition) is 1. The van der Waals surface area contributed by atoms with Gasteiger partial charge in [0.25, 0.3) is 5.91 Å². The predicted molar refractivity (Wildman–Crippen MR) is 127 cm³/mol. The van der Waals surface area contributed by atoms with Gasteiger partial charge in [0.15, 0.2) is 0 Å². The fraction of sp³-hybridized carbons (Fsp3) is 0.423. The second-order valence-electron chi connectivity index (χ2n) is 7.97. The molecule has 0 bridgehead atoms. The maximum absolute atomic E-state index is 13.1. The molecular weight excluding hydrogens is 436 g/mol. The summed E-state index contributed by atoms with van der Waals surface area (Å²) in [5, 5.41) is 2.72. The molecule has 3 rings (SSSR count). The molecule has 2 amide bonds. The number of carbonyl (C=O) groups is 3. The number of unbranched alkanes of at least 4 members (excludes halogenated alkanes) is 2. The molecule has 0 spiro atoms. The summed E-state index contributed by atoms with van der Waals surface area (Å²) >= 11 is 0. The van der Waals surface area contributed by atoms with Crippen LogP contribution in [0.4, 0.5) is 0 Å². The van der Waals surface area contributed by atoms with E-state index in [1.54, 1.807) is 24.3 Å². The van der Waals surface area contributed by atoms with Crippen molar-refractivity contribution in [1.29, 1.82) is 0 Å². The number of hydrogen-bond acceptors (Lipinski definition) is 6. The Hall–Kier alpha value is -3.55. The van der Waals surface area contributed by atoms with Gasteiger partial charge in [0.05, 0.1) is 13.0 Å². The van der Waals surface area contributed by atoms with Gasteiger partial charge in [-0.15, -0.1) is 0 Å². The van der Waals surface area contributed by atoms with E-state index in [-0.39, 0.29) is 31.4 Å². The second kappa shape index (κ2) is 13.2. The zero-order chi connectivity index (χ0) is 24.2. The first-order valence-electron chi connectivity index (χ1n) is 11.7. The Morgan fingerprint density at radius 2 is 1.65 bits per heavy atom. The molecule has 1 N–H and O–H groups in total. The molecule has 0 aliphatic carbocycles. The largest absolute Gasteiger partial charge is 0.494 e. The average molecular weight is 469 g/mol. The molecule has 182 valence electrons. The Kier molecular flexibility index (Phi) is 9.76. The van der Waals surface area contributed by atoms with Crippen LogP contribution in [0.15, 0.2) is 54.6 Å². The maximum atomic E-state index is 13.1. The minimum absolute atomic E-state index is 0.0513. The van der Waals surface area contributed by atoms with E-state index in [2.05, 4.69) is 12.2 Å². The SMILES string of the molecule is CCCCCOc1ccc(C(=O)N2CCNC(=O)C2CC(=O)OCCOc2ccccc2)cc1. The van der Waals surface area contributed by atoms with Crippen molar-refractivity contribution in [3.8, 4) is 11.5 Å². The summed E-state index contributed by atoms with van der Waals surface area (Å²) in [5.41, 5.74) is 0.435. The van der Waals surface area contributed by atoms with Gasteiger partial charge >= 0.3 is 5.97 Å². The zero-order valence-electron chi connectivity index (χ0n) is 19.5. The third-order valence-corrected chi connectivity index (χ3v) is 5.43. The summed E-state index contributed by atoms with van der Waals surface area (Å²) in [4.78, 5) is 39.3. The fourth-order valence-corrected chi connectivity index (χ4v) is 3.61. The van der Waals surface area contributed by atoms with Crippen LogP contribution in [0.3, 0.4) is 0 Å². The van der Waals surface area contributed by atoms with Gasteiger partial charge < -0.3 is 24.4 Å². The first-order chi connectivity index (χ1) is 16.6. The van der Waals surface area contributed by atoms with Crippen LogP contribution >= 0.6 is 0 Å². The highest BCUT2D eigenvalue weighted by molar-refractivity contribution is 5.99. The summed E-state index contributed by atoms with van der Waals surface area (Å²) in [6.45, 7) is 3.66. The van der Waals surface area contributed by atoms with Gasteiger partial charge in [0.1, 0.15) is 30.8 Å². The lowest BCUT2D eigenvalue weighted by molar-refractivity contribution is -0.148. The van der Waals surface area contributed by atoms with Crippen LogP contribution in [-0.4, -0.2) is 61.6 Å². The molecule has 0 saturated carbocycles. The fourth-order valence-electron chi connectivity index (χ4n) is 3.61. The molecule has 2 aromatic rings. The van der Waals surface area contributed by atoms with E-state index in [0.29, 0.717) is 36.8 Å². The lowest BCUT2D eigenvalue weighted by Crippen LogP contribution is -2.57. The summed E-state index contributed by atoms with van der Waals surface area (Å²) in [5.74, 6) is 0.138. The lowest BCUT2D eigenvalue weighted by atomic mass is 10.1. The van der Waals surface area contributed by atoms with Crippen LogP contribution in [0.5, 0.6) is 11.5 Å². The van der Waals surface area contributed by atoms with Crippen LogP contribution in [-0.2, 0) is 14.3 Å². The predicted octanol–water partition coefficient (Wildman–Crippen LogP) is 3.21. The number of piperazine rings is 1. The summed E-state index contributed by atoms with van der Waals surface area (Å²) in [6, 6.07) is 15.1. The average Bonchev–Trinajstić information content (AvgIpc) is 2.86. The van der Waals surface area contributed by atoms with Crippen molar-refractivity contribution in [3.05, 3.63) is 60.2 Å². The molecule has 1 aliphatic rings. The lowest BCUT2D eigenvalue weighted by Gasteiger charge is -2.34. The normalized spacial score (nSPS) is 15.4. The molecular formula is C26H32N2O6. The van der Waals surface area contributed by atoms with Crippen molar-refractivity contribution < 1.29 is 28.6 Å². The number of carbonyl (C=O) groups excluding carboxylic acids is 3. The minimum atomic E-state index is -0.922. The number of benzene rings is 2. The highest BCUT2D eigenvalue weighted by atomic mass is 16.6. The molecule has 0 aromatic heterocycles. The number of esters is 1. The summed E-state index contributed by atoms with van der Waals surface area (Å²) in [7, 11) is 0. The van der Waals surface area contributed by atoms with Gasteiger partial charge in [-0.25, -0.2) is 0 Å². The Morgan fingerprint density at radius 1 is 0.941 bits per heavy atom. The molecule has 8 heteroatoms. The van der Waals surface area contributed by atoms with Crippen LogP contribution < -0.4 is 14.8 Å². The van der Waals surface area contributed by atoms with Crippen molar-refractivity contribution in [2.45, 2.75) is 38.6 Å². The van der Waals surface area contributed by atoms with Gasteiger partial charge in [-0.05, 0) is 42.8 Å². The number of para-hydroxylation sites is 1. The molecule has 0 radical (unpaired) electrons. The third kappa shape index (κ3) is 7.50. The van der Waals surface area contributed by atoms with E-state index in [4.69, 9.17) is 14.2 Å². The molecule has 34 heavy (non-hydrogen) atoms. The molecule has 1 heterocycles. The van der Waals surface area contributed by atoms with E-state index in [9.17, 15) is 14.4 Å². The van der Waals surface area contributed by atoms with Gasteiger partial charge in [-0.3, -0.25) is 14.4 Å². The molecule has 8 nitrogen and oxygen atoms in total. The maximum Gasteiger partial charge on any atom is 0.308 e. The Balaban J connectivity index is 1.51. The van der Waals surface area contributed by atoms with E-state index >= 15 is 0 Å². The van der Waals surface area contributed by atoms with Crippen molar-refractivity contribution >= 4 is 17.8 Å². The van der Waals surface area contributed by atoms with Crippen LogP contribution in [0.25, 0.3) is 0 Å². The van der Waals surface area contributed by atoms with Gasteiger partial charge in [0, 0.05) is 18.7 Å². The molecule has 1 fully saturated rings. The number of nitrogens with one attached hydrogen (secondary N) is 1. The second-order valence-corrected chi connectivity index (χ2v) is 7.97. The number of amides is 2. The number of rotatable bonds is 12. The molecule has 1 unspecified atom stereocenters. The third-order valence-electron chi connectivity index (χ3n) is 5.43. The van der Waals surface area contributed by atoms with Crippen molar-refractivity contribution in [2.75, 3.05) is 32.9 Å². The van der Waals surface area contributed by atoms with E-state index in [1.807, 2.05) is 30.3 Å². The van der Waals surface area contributed by atoms with E-state index < -0.39 is 12.0 Å². The highest BCUT2D eigenvalue weighted by Crippen LogP contribution is 2.18. The van der Waals surface area contributed by atoms with E-state index in [1.165, 1.54) is 4.90 Å². The van der Waals surface area contributed by atoms with Gasteiger partial charge in [-0.2, -0.15) is 0 Å². The van der Waals surface area contributed by atoms with Crippen molar-refractivity contribution in [1.82, 2.24) is 10.2 Å². The molecule has 1 saturated heterocycles. The number of ether oxygens (including phenoxy) is 3. The molecule has 1 aliphatic heterocycles. The Bertz CT molecular complexity index is 932. The van der Waals surface area contributed by atoms with Crippen LogP contribution in [0.2, 0.25) is 0 Å². The monoisotopic (exact) mass is 468 g/mol. The Labute approximate surface area is 200 Å². The molecule has 2 aromatic carbocycles. The first kappa shape index (κ1) is 25.1. The van der Waals surface area contributed by atoms with Crippen molar-refractivity contribution in [2.24, 2.45) is 0 Å².